The van der Waals surface area contributed by atoms with Crippen LogP contribution in [0.2, 0.25) is 0 Å². The van der Waals surface area contributed by atoms with Crippen LogP contribution in [0.1, 0.15) is 62.6 Å². The zero-order valence-electron chi connectivity index (χ0n) is 25.4. The average Bonchev–Trinajstić information content (AvgIpc) is 2.96. The second-order valence-corrected chi connectivity index (χ2v) is 14.5. The number of Topliss-reactive ketones (excluding diaryl/α,β-unsaturated/α-hetero) is 1. The van der Waals surface area contributed by atoms with E-state index in [0.717, 1.165) is 36.4 Å². The van der Waals surface area contributed by atoms with Crippen LogP contribution in [0.4, 0.5) is 30.7 Å². The fraction of sp³-hybridized carbons (Fsp3) is 0.394. The van der Waals surface area contributed by atoms with Crippen molar-refractivity contribution in [2.75, 3.05) is 0 Å². The van der Waals surface area contributed by atoms with E-state index in [1.54, 1.807) is 0 Å². The number of sulfone groups is 1. The van der Waals surface area contributed by atoms with Crippen LogP contribution in [0.5, 0.6) is 0 Å². The number of esters is 1. The van der Waals surface area contributed by atoms with Gasteiger partial charge in [-0.05, 0) is 69.0 Å². The molecule has 254 valence electrons. The first-order valence-electron chi connectivity index (χ1n) is 14.3. The molecule has 0 N–H and O–H groups in total. The Kier molecular flexibility index (Phi) is 9.73. The molecule has 6 nitrogen and oxygen atoms in total. The minimum Gasteiger partial charge on any atom is -0.459 e. The van der Waals surface area contributed by atoms with Gasteiger partial charge in [-0.1, -0.05) is 54.6 Å². The summed E-state index contributed by atoms with van der Waals surface area (Å²) in [5.74, 6) is -3.99. The maximum atomic E-state index is 14.4. The van der Waals surface area contributed by atoms with Crippen molar-refractivity contribution >= 4 is 21.6 Å². The van der Waals surface area contributed by atoms with Crippen LogP contribution in [-0.2, 0) is 41.1 Å². The van der Waals surface area contributed by atoms with Crippen molar-refractivity contribution in [3.63, 3.8) is 0 Å². The number of hydrogen-bond acceptors (Lipinski definition) is 6. The molecule has 1 saturated carbocycles. The maximum absolute atomic E-state index is 14.4. The molecular formula is C33H31F7O6S. The third-order valence-electron chi connectivity index (χ3n) is 7.92. The predicted molar refractivity (Wildman–Crippen MR) is 155 cm³/mol. The highest BCUT2D eigenvalue weighted by Crippen LogP contribution is 2.54. The van der Waals surface area contributed by atoms with E-state index in [1.165, 1.54) is 51.1 Å². The van der Waals surface area contributed by atoms with Gasteiger partial charge >= 0.3 is 18.3 Å². The average molecular weight is 689 g/mol. The smallest absolute Gasteiger partial charge is 0.430 e. The Bertz CT molecular complexity index is 1680. The molecule has 2 unspecified atom stereocenters. The standard InChI is InChI=1S/C33H31F7O6S/c1-29(2,3)46-28(42)30(47(43,44)25-15-13-24(34)14-16-25)18-17-27(41)26(19-30)22-9-11-23(12-10-22)31(32(35,36)37,33(38,39)40)45-20-21-7-5-4-6-8-21/h4-16,26H,17-20H2,1-3H3. The van der Waals surface area contributed by atoms with Crippen molar-refractivity contribution in [1.29, 1.82) is 0 Å². The largest absolute Gasteiger partial charge is 0.459 e. The summed E-state index contributed by atoms with van der Waals surface area (Å²) in [6, 6.07) is 13.3. The molecule has 0 heterocycles. The number of rotatable bonds is 8. The number of halogens is 7. The van der Waals surface area contributed by atoms with E-state index >= 15 is 0 Å². The Balaban J connectivity index is 1.79. The minimum absolute atomic E-state index is 0.0515. The van der Waals surface area contributed by atoms with E-state index in [9.17, 15) is 48.7 Å². The second kappa shape index (κ2) is 12.7. The van der Waals surface area contributed by atoms with Gasteiger partial charge in [-0.25, -0.2) is 12.8 Å². The van der Waals surface area contributed by atoms with E-state index < -0.39 is 98.0 Å². The Morgan fingerprint density at radius 3 is 1.91 bits per heavy atom. The van der Waals surface area contributed by atoms with Gasteiger partial charge in [0, 0.05) is 17.9 Å². The molecule has 47 heavy (non-hydrogen) atoms. The van der Waals surface area contributed by atoms with E-state index in [2.05, 4.69) is 4.74 Å². The summed E-state index contributed by atoms with van der Waals surface area (Å²) in [5, 5.41) is 0. The van der Waals surface area contributed by atoms with Gasteiger partial charge in [-0.2, -0.15) is 26.3 Å². The Labute approximate surface area is 266 Å². The van der Waals surface area contributed by atoms with Gasteiger partial charge in [-0.15, -0.1) is 0 Å². The summed E-state index contributed by atoms with van der Waals surface area (Å²) >= 11 is 0. The van der Waals surface area contributed by atoms with Crippen molar-refractivity contribution in [1.82, 2.24) is 0 Å². The fourth-order valence-corrected chi connectivity index (χ4v) is 7.51. The Hall–Kier alpha value is -3.78. The molecule has 0 spiro atoms. The zero-order chi connectivity index (χ0) is 35.1. The van der Waals surface area contributed by atoms with Crippen molar-refractivity contribution in [2.45, 2.75) is 85.8 Å². The van der Waals surface area contributed by atoms with Crippen LogP contribution in [0.15, 0.2) is 83.8 Å². The summed E-state index contributed by atoms with van der Waals surface area (Å²) < 4.78 is 136. The summed E-state index contributed by atoms with van der Waals surface area (Å²) in [4.78, 5) is 26.4. The third-order valence-corrected chi connectivity index (χ3v) is 10.4. The topological polar surface area (TPSA) is 86.7 Å². The maximum Gasteiger partial charge on any atom is 0.430 e. The fourth-order valence-electron chi connectivity index (χ4n) is 5.55. The first-order chi connectivity index (χ1) is 21.6. The van der Waals surface area contributed by atoms with Gasteiger partial charge in [0.05, 0.1) is 11.5 Å². The molecule has 0 aliphatic heterocycles. The summed E-state index contributed by atoms with van der Waals surface area (Å²) in [6.45, 7) is 3.42. The lowest BCUT2D eigenvalue weighted by molar-refractivity contribution is -0.392. The van der Waals surface area contributed by atoms with E-state index in [0.29, 0.717) is 12.1 Å². The van der Waals surface area contributed by atoms with Crippen LogP contribution in [0, 0.1) is 5.82 Å². The summed E-state index contributed by atoms with van der Waals surface area (Å²) in [7, 11) is -4.69. The van der Waals surface area contributed by atoms with Gasteiger partial charge in [0.25, 0.3) is 5.60 Å². The lowest BCUT2D eigenvalue weighted by Gasteiger charge is -2.39. The number of carbonyl (C=O) groups is 2. The quantitative estimate of drug-likeness (QED) is 0.137. The molecule has 0 radical (unpaired) electrons. The number of ketones is 1. The SMILES string of the molecule is CC(C)(C)OC(=O)C1(S(=O)(=O)c2ccc(F)cc2)CCC(=O)C(c2ccc(C(OCc3ccccc3)(C(F)(F)F)C(F)(F)F)cc2)C1. The van der Waals surface area contributed by atoms with Crippen molar-refractivity contribution in [3.8, 4) is 0 Å². The highest BCUT2D eigenvalue weighted by atomic mass is 32.2. The predicted octanol–water partition coefficient (Wildman–Crippen LogP) is 7.75. The number of benzene rings is 3. The molecule has 0 aromatic heterocycles. The molecule has 3 aromatic carbocycles. The molecule has 14 heteroatoms. The van der Waals surface area contributed by atoms with Gasteiger partial charge in [-0.3, -0.25) is 9.59 Å². The summed E-state index contributed by atoms with van der Waals surface area (Å²) in [6.07, 6.45) is -13.7. The van der Waals surface area contributed by atoms with Crippen molar-refractivity contribution < 1.29 is 58.2 Å². The minimum atomic E-state index is -5.97. The lowest BCUT2D eigenvalue weighted by Crippen LogP contribution is -2.55. The molecule has 0 saturated heterocycles. The van der Waals surface area contributed by atoms with Crippen LogP contribution in [0.3, 0.4) is 0 Å². The zero-order valence-corrected chi connectivity index (χ0v) is 26.2. The van der Waals surface area contributed by atoms with Gasteiger partial charge < -0.3 is 9.47 Å². The Morgan fingerprint density at radius 2 is 1.40 bits per heavy atom. The lowest BCUT2D eigenvalue weighted by atomic mass is 9.76. The normalized spacial score (nSPS) is 19.8. The van der Waals surface area contributed by atoms with Crippen LogP contribution in [0.25, 0.3) is 0 Å². The van der Waals surface area contributed by atoms with Gasteiger partial charge in [0.1, 0.15) is 17.2 Å². The van der Waals surface area contributed by atoms with Crippen molar-refractivity contribution in [3.05, 3.63) is 101 Å². The number of hydrogen-bond donors (Lipinski definition) is 0. The molecule has 1 fully saturated rings. The van der Waals surface area contributed by atoms with Gasteiger partial charge in [0.15, 0.2) is 14.6 Å². The van der Waals surface area contributed by atoms with Crippen molar-refractivity contribution in [2.24, 2.45) is 0 Å². The van der Waals surface area contributed by atoms with Crippen LogP contribution in [-0.4, -0.2) is 42.9 Å². The summed E-state index contributed by atoms with van der Waals surface area (Å²) in [5.41, 5.74) is -7.33. The van der Waals surface area contributed by atoms with E-state index in [4.69, 9.17) is 4.74 Å². The van der Waals surface area contributed by atoms with Gasteiger partial charge in [0.2, 0.25) is 0 Å². The first kappa shape index (κ1) is 36.1. The molecule has 3 aromatic rings. The molecule has 2 atom stereocenters. The second-order valence-electron chi connectivity index (χ2n) is 12.2. The van der Waals surface area contributed by atoms with E-state index in [1.807, 2.05) is 0 Å². The Morgan fingerprint density at radius 1 is 0.851 bits per heavy atom. The molecular weight excluding hydrogens is 657 g/mol. The van der Waals surface area contributed by atoms with E-state index in [-0.39, 0.29) is 11.1 Å². The molecule has 1 aliphatic rings. The molecule has 0 bridgehead atoms. The number of alkyl halides is 6. The molecule has 4 rings (SSSR count). The van der Waals surface area contributed by atoms with Crippen LogP contribution >= 0.6 is 0 Å². The highest BCUT2D eigenvalue weighted by Gasteiger charge is 2.73. The molecule has 0 amide bonds. The monoisotopic (exact) mass is 688 g/mol. The first-order valence-corrected chi connectivity index (χ1v) is 15.8. The van der Waals surface area contributed by atoms with Crippen LogP contribution < -0.4 is 0 Å². The highest BCUT2D eigenvalue weighted by molar-refractivity contribution is 7.93. The molecule has 1 aliphatic carbocycles. The third kappa shape index (κ3) is 6.94. The number of ether oxygens (including phenoxy) is 2. The number of carbonyl (C=O) groups excluding carboxylic acids is 2.